The Morgan fingerprint density at radius 2 is 0.700 bits per heavy atom. The van der Waals surface area contributed by atoms with Gasteiger partial charge < -0.3 is 19.3 Å². The number of rotatable bonds is 6. The predicted molar refractivity (Wildman–Crippen MR) is 191 cm³/mol. The van der Waals surface area contributed by atoms with Gasteiger partial charge in [0.05, 0.1) is 10.7 Å². The lowest BCUT2D eigenvalue weighted by molar-refractivity contribution is 1.41. The van der Waals surface area contributed by atoms with Gasteiger partial charge in [0.2, 0.25) is 0 Å². The van der Waals surface area contributed by atoms with E-state index in [9.17, 15) is 0 Å². The second-order valence-corrected chi connectivity index (χ2v) is 34.0. The van der Waals surface area contributed by atoms with Gasteiger partial charge in [-0.2, -0.15) is 0 Å². The SMILES string of the molecule is C[Si](C)(C)/N=c1\ccc2c3ccc(N[Si](C)(C)C)c4/c(=N/[Si](C)(C)C)ccc(c5ccc(N[Si](C)(C)C)c1c52)c43. The van der Waals surface area contributed by atoms with Crippen LogP contribution >= 0.6 is 0 Å². The number of anilines is 2. The molecule has 0 radical (unpaired) electrons. The van der Waals surface area contributed by atoms with E-state index < -0.39 is 32.9 Å². The zero-order chi connectivity index (χ0) is 29.4. The third kappa shape index (κ3) is 5.77. The lowest BCUT2D eigenvalue weighted by Gasteiger charge is -2.25. The molecule has 0 aliphatic heterocycles. The van der Waals surface area contributed by atoms with Gasteiger partial charge in [-0.1, -0.05) is 63.5 Å². The Hall–Kier alpha value is -2.53. The van der Waals surface area contributed by atoms with Crippen molar-refractivity contribution in [2.24, 2.45) is 9.32 Å². The summed E-state index contributed by atoms with van der Waals surface area (Å²) in [5.74, 6) is 0. The number of benzene rings is 5. The molecule has 5 aromatic carbocycles. The molecule has 5 aromatic rings. The minimum Gasteiger partial charge on any atom is -0.410 e. The quantitative estimate of drug-likeness (QED) is 0.116. The molecule has 4 nitrogen and oxygen atoms in total. The fourth-order valence-electron chi connectivity index (χ4n) is 5.78. The number of nitrogens with one attached hydrogen (secondary N) is 2. The molecule has 0 saturated heterocycles. The molecule has 0 saturated carbocycles. The Kier molecular flexibility index (Phi) is 6.89. The van der Waals surface area contributed by atoms with Crippen molar-refractivity contribution in [3.05, 3.63) is 59.2 Å². The Morgan fingerprint density at radius 3 is 0.975 bits per heavy atom. The van der Waals surface area contributed by atoms with E-state index in [0.717, 1.165) is 10.7 Å². The lowest BCUT2D eigenvalue weighted by atomic mass is 9.88. The Balaban J connectivity index is 2.05. The number of nitrogens with zero attached hydrogens (tertiary/aromatic N) is 2. The molecule has 2 N–H and O–H groups in total. The third-order valence-corrected chi connectivity index (χ3v) is 10.7. The van der Waals surface area contributed by atoms with Crippen LogP contribution in [-0.2, 0) is 0 Å². The van der Waals surface area contributed by atoms with Crippen LogP contribution in [0.25, 0.3) is 43.1 Å². The van der Waals surface area contributed by atoms with E-state index >= 15 is 0 Å². The predicted octanol–water partition coefficient (Wildman–Crippen LogP) is 9.14. The average Bonchev–Trinajstić information content (AvgIpc) is 2.76. The van der Waals surface area contributed by atoms with E-state index in [1.165, 1.54) is 54.5 Å². The molecular weight excluding hydrogens is 553 g/mol. The highest BCUT2D eigenvalue weighted by Crippen LogP contribution is 2.42. The smallest absolute Gasteiger partial charge is 0.173 e. The highest BCUT2D eigenvalue weighted by Gasteiger charge is 2.23. The van der Waals surface area contributed by atoms with Crippen LogP contribution in [0.5, 0.6) is 0 Å². The summed E-state index contributed by atoms with van der Waals surface area (Å²) in [4.78, 5) is 7.90. The van der Waals surface area contributed by atoms with E-state index in [-0.39, 0.29) is 0 Å². The maximum atomic E-state index is 5.36. The van der Waals surface area contributed by atoms with Crippen LogP contribution in [0, 0.1) is 0 Å². The summed E-state index contributed by atoms with van der Waals surface area (Å²) in [7, 11) is -6.62. The minimum atomic E-state index is -1.71. The first kappa shape index (κ1) is 29.0. The van der Waals surface area contributed by atoms with Crippen molar-refractivity contribution in [2.75, 3.05) is 9.96 Å². The molecule has 0 aromatic heterocycles. The van der Waals surface area contributed by atoms with Gasteiger partial charge in [-0.3, -0.25) is 0 Å². The van der Waals surface area contributed by atoms with Crippen LogP contribution in [0.3, 0.4) is 0 Å². The Morgan fingerprint density at radius 1 is 0.400 bits per heavy atom. The van der Waals surface area contributed by atoms with Crippen LogP contribution in [0.1, 0.15) is 0 Å². The summed E-state index contributed by atoms with van der Waals surface area (Å²) in [6.07, 6.45) is 0. The molecule has 0 aliphatic rings. The monoisotopic (exact) mass is 598 g/mol. The number of hydrogen-bond acceptors (Lipinski definition) is 4. The van der Waals surface area contributed by atoms with Crippen LogP contribution in [0.4, 0.5) is 11.4 Å². The first-order valence-electron chi connectivity index (χ1n) is 14.5. The zero-order valence-electron chi connectivity index (χ0n) is 26.5. The second-order valence-electron chi connectivity index (χ2n) is 15.4. The second kappa shape index (κ2) is 9.51. The van der Waals surface area contributed by atoms with Crippen molar-refractivity contribution < 1.29 is 0 Å². The minimum absolute atomic E-state index is 1.13. The maximum absolute atomic E-state index is 5.36. The molecule has 0 atom stereocenters. The Labute approximate surface area is 243 Å². The van der Waals surface area contributed by atoms with Crippen molar-refractivity contribution in [2.45, 2.75) is 78.6 Å². The molecule has 0 heterocycles. The molecular formula is C32H46N4Si4. The van der Waals surface area contributed by atoms with Gasteiger partial charge in [0, 0.05) is 32.9 Å². The van der Waals surface area contributed by atoms with Gasteiger partial charge >= 0.3 is 0 Å². The third-order valence-electron chi connectivity index (χ3n) is 6.79. The molecule has 8 heteroatoms. The molecule has 0 unspecified atom stereocenters. The standard InChI is InChI=1S/C32H46N4Si4/c1-37(2,3)33-25-17-13-21-23-15-19-27(35-39(7,8)9)32-28(36-40(10,11)12)20-16-24(30(23)32)22-14-18-26(31(25)29(21)22)34-38(4,5)6/h13-20,33,36H,1-12H3/b34-26+,35-27+. The van der Waals surface area contributed by atoms with Gasteiger partial charge in [-0.25, -0.2) is 0 Å². The van der Waals surface area contributed by atoms with E-state index in [2.05, 4.69) is 137 Å². The Bertz CT molecular complexity index is 1730. The van der Waals surface area contributed by atoms with Crippen molar-refractivity contribution in [3.63, 3.8) is 0 Å². The molecule has 0 bridgehead atoms. The van der Waals surface area contributed by atoms with Crippen LogP contribution in [0.15, 0.2) is 57.8 Å². The van der Waals surface area contributed by atoms with Gasteiger partial charge in [0.1, 0.15) is 16.5 Å². The van der Waals surface area contributed by atoms with Crippen molar-refractivity contribution in [3.8, 4) is 0 Å². The van der Waals surface area contributed by atoms with Gasteiger partial charge in [0.15, 0.2) is 16.5 Å². The average molecular weight is 599 g/mol. The van der Waals surface area contributed by atoms with Gasteiger partial charge in [0.25, 0.3) is 0 Å². The largest absolute Gasteiger partial charge is 0.410 e. The first-order valence-corrected chi connectivity index (χ1v) is 28.4. The maximum Gasteiger partial charge on any atom is 0.173 e. The molecule has 0 spiro atoms. The summed E-state index contributed by atoms with van der Waals surface area (Å²) in [5, 5.41) is 12.7. The highest BCUT2D eigenvalue weighted by atomic mass is 28.3. The summed E-state index contributed by atoms with van der Waals surface area (Å²) in [6, 6.07) is 18.5. The van der Waals surface area contributed by atoms with Crippen LogP contribution in [0.2, 0.25) is 78.6 Å². The van der Waals surface area contributed by atoms with Gasteiger partial charge in [-0.15, -0.1) is 0 Å². The summed E-state index contributed by atoms with van der Waals surface area (Å²) < 4.78 is 10.7. The summed E-state index contributed by atoms with van der Waals surface area (Å²) in [6.45, 7) is 28.1. The van der Waals surface area contributed by atoms with Gasteiger partial charge in [-0.05, 0) is 85.1 Å². The van der Waals surface area contributed by atoms with Crippen LogP contribution in [-0.4, -0.2) is 32.9 Å². The van der Waals surface area contributed by atoms with E-state index in [1.807, 2.05) is 0 Å². The molecule has 0 fully saturated rings. The number of fused-ring (bicyclic) bond motifs is 2. The molecule has 5 rings (SSSR count). The normalized spacial score (nSPS) is 14.8. The fourth-order valence-corrected chi connectivity index (χ4v) is 9.63. The zero-order valence-corrected chi connectivity index (χ0v) is 30.5. The molecule has 0 aliphatic carbocycles. The topological polar surface area (TPSA) is 48.8 Å². The van der Waals surface area contributed by atoms with Crippen molar-refractivity contribution in [1.82, 2.24) is 0 Å². The van der Waals surface area contributed by atoms with Crippen molar-refractivity contribution in [1.29, 1.82) is 0 Å². The molecule has 210 valence electrons. The highest BCUT2D eigenvalue weighted by molar-refractivity contribution is 6.80. The fraction of sp³-hybridized carbons (Fsp3) is 0.375. The summed E-state index contributed by atoms with van der Waals surface area (Å²) >= 11 is 0. The van der Waals surface area contributed by atoms with E-state index in [1.54, 1.807) is 0 Å². The van der Waals surface area contributed by atoms with Crippen LogP contribution < -0.4 is 20.7 Å². The van der Waals surface area contributed by atoms with Crippen molar-refractivity contribution >= 4 is 87.4 Å². The first-order chi connectivity index (χ1) is 18.3. The molecule has 40 heavy (non-hydrogen) atoms. The van der Waals surface area contributed by atoms with E-state index in [0.29, 0.717) is 0 Å². The van der Waals surface area contributed by atoms with E-state index in [4.69, 9.17) is 9.32 Å². The number of hydrogen-bond donors (Lipinski definition) is 2. The molecule has 0 amide bonds. The summed E-state index contributed by atoms with van der Waals surface area (Å²) in [5.41, 5.74) is 2.44. The lowest BCUT2D eigenvalue weighted by Crippen LogP contribution is -2.33.